The highest BCUT2D eigenvalue weighted by Crippen LogP contribution is 2.56. The van der Waals surface area contributed by atoms with Gasteiger partial charge in [-0.2, -0.15) is 0 Å². The Kier molecular flexibility index (Phi) is 31.2. The predicted octanol–water partition coefficient (Wildman–Crippen LogP) is 24.8. The topological polar surface area (TPSA) is 0 Å². The molecule has 63 heavy (non-hydrogen) atoms. The minimum Gasteiger partial charge on any atom is -0.132 e. The molecule has 0 aliphatic carbocycles. The Labute approximate surface area is 447 Å². The number of aryl methyl sites for hydroxylation is 4. The van der Waals surface area contributed by atoms with Crippen LogP contribution in [0.1, 0.15) is 118 Å². The van der Waals surface area contributed by atoms with Gasteiger partial charge in [0, 0.05) is 37.7 Å². The van der Waals surface area contributed by atoms with Crippen molar-refractivity contribution < 1.29 is 0 Å². The van der Waals surface area contributed by atoms with Crippen LogP contribution >= 0.6 is 173 Å². The Balaban J connectivity index is 0.000000375. The molecule has 0 fully saturated rings. The van der Waals surface area contributed by atoms with E-state index in [0.29, 0.717) is 21.0 Å². The Morgan fingerprint density at radius 1 is 0.508 bits per heavy atom. The van der Waals surface area contributed by atoms with Gasteiger partial charge < -0.3 is 0 Å². The van der Waals surface area contributed by atoms with Gasteiger partial charge in [-0.1, -0.05) is 162 Å². The largest absolute Gasteiger partial charge is 0.132 e. The second-order valence-electron chi connectivity index (χ2n) is 12.6. The summed E-state index contributed by atoms with van der Waals surface area (Å²) in [5.41, 5.74) is 6.91. The Morgan fingerprint density at radius 3 is 1.57 bits per heavy atom. The number of halogens is 5. The van der Waals surface area contributed by atoms with Gasteiger partial charge >= 0.3 is 0 Å². The molecule has 0 radical (unpaired) electrons. The summed E-state index contributed by atoms with van der Waals surface area (Å²) in [6, 6.07) is 8.28. The smallest absolute Gasteiger partial charge is 0.0949 e. The van der Waals surface area contributed by atoms with E-state index in [4.69, 9.17) is 58.0 Å². The zero-order valence-electron chi connectivity index (χ0n) is 39.8. The maximum Gasteiger partial charge on any atom is 0.0949 e. The molecule has 352 valence electrons. The molecule has 0 spiro atoms. The summed E-state index contributed by atoms with van der Waals surface area (Å²) in [5, 5.41) is 8.37. The van der Waals surface area contributed by atoms with Crippen molar-refractivity contribution in [2.45, 2.75) is 134 Å². The van der Waals surface area contributed by atoms with Crippen molar-refractivity contribution >= 4 is 201 Å². The lowest BCUT2D eigenvalue weighted by atomic mass is 9.98. The number of thiophene rings is 6. The highest BCUT2D eigenvalue weighted by molar-refractivity contribution is 8.21. The van der Waals surface area contributed by atoms with E-state index in [1.165, 1.54) is 70.7 Å². The van der Waals surface area contributed by atoms with Crippen molar-refractivity contribution in [3.8, 4) is 0 Å². The van der Waals surface area contributed by atoms with Crippen molar-refractivity contribution in [3.63, 3.8) is 0 Å². The normalized spacial score (nSPS) is 18.5. The first kappa shape index (κ1) is 61.8. The average molecular weight is 1140 g/mol. The van der Waals surface area contributed by atoms with E-state index in [0.717, 1.165) is 21.7 Å². The lowest BCUT2D eigenvalue weighted by molar-refractivity contribution is 0.814. The van der Waals surface area contributed by atoms with E-state index >= 15 is 0 Å². The van der Waals surface area contributed by atoms with E-state index < -0.39 is 0 Å². The van der Waals surface area contributed by atoms with Crippen molar-refractivity contribution in [1.29, 1.82) is 0 Å². The van der Waals surface area contributed by atoms with E-state index in [2.05, 4.69) is 84.4 Å². The van der Waals surface area contributed by atoms with Gasteiger partial charge in [-0.05, 0) is 118 Å². The first-order chi connectivity index (χ1) is 30.1. The highest BCUT2D eigenvalue weighted by Gasteiger charge is 2.37. The van der Waals surface area contributed by atoms with Gasteiger partial charge in [-0.3, -0.25) is 0 Å². The van der Waals surface area contributed by atoms with Crippen LogP contribution in [0.3, 0.4) is 0 Å². The molecule has 0 aromatic carbocycles. The molecule has 4 atom stereocenters. The quantitative estimate of drug-likeness (QED) is 0.149. The second kappa shape index (κ2) is 31.8. The Hall–Kier alpha value is 0.790. The van der Waals surface area contributed by atoms with Crippen LogP contribution in [-0.2, 0) is 0 Å². The molecule has 6 aromatic rings. The molecule has 10 rings (SSSR count). The van der Waals surface area contributed by atoms with Gasteiger partial charge in [-0.25, -0.2) is 0 Å². The fourth-order valence-electron chi connectivity index (χ4n) is 5.81. The number of fused-ring (bicyclic) bond motifs is 5. The minimum absolute atomic E-state index is 0.609. The Morgan fingerprint density at radius 2 is 1.03 bits per heavy atom. The molecule has 4 unspecified atom stereocenters. The summed E-state index contributed by atoms with van der Waals surface area (Å²) in [5.74, 6) is 1.23. The van der Waals surface area contributed by atoms with Gasteiger partial charge in [-0.15, -0.1) is 91.5 Å². The molecule has 0 amide bonds. The minimum atomic E-state index is 0.609. The standard InChI is InChI=1S/C8H7ClS2.2C8H9ClS2.2C7H5ClS2.5C2H6/c1-4-5(2)10-8-6(4)3-7(9)11-8;1-4-3-10-8-6(4)5(2)7(9)11-8;1-4-3-6-5(2)7(9)11-8(6)10-4;1-4-3-9-7-5(4)2-6(8)10-7;1-4-2-5-3-6(8)10-7(5)9-4;5*1-2/h3H,1-2H3;2*3,6,8H,1-2H3;2*2-3H,1H3;5*1-2H3. The number of rotatable bonds is 0. The third-order valence-electron chi connectivity index (χ3n) is 8.77. The fraction of sp³-hybridized carbons (Fsp3) is 0.458. The Bertz CT molecular complexity index is 2330. The lowest BCUT2D eigenvalue weighted by Gasteiger charge is -2.10. The third-order valence-corrected chi connectivity index (χ3v) is 22.8. The number of hydrogen-bond acceptors (Lipinski definition) is 10. The highest BCUT2D eigenvalue weighted by atomic mass is 35.5. The zero-order valence-corrected chi connectivity index (χ0v) is 51.8. The van der Waals surface area contributed by atoms with Crippen LogP contribution in [0.2, 0.25) is 13.0 Å². The van der Waals surface area contributed by atoms with Crippen LogP contribution in [0.5, 0.6) is 0 Å². The summed E-state index contributed by atoms with van der Waals surface area (Å²) in [6.07, 6.45) is 2.33. The van der Waals surface area contributed by atoms with E-state index in [9.17, 15) is 0 Å². The summed E-state index contributed by atoms with van der Waals surface area (Å²) in [7, 11) is 0. The molecule has 0 bridgehead atoms. The van der Waals surface area contributed by atoms with Gasteiger partial charge in [0.2, 0.25) is 0 Å². The van der Waals surface area contributed by atoms with E-state index in [1.54, 1.807) is 68.9 Å². The van der Waals surface area contributed by atoms with Crippen LogP contribution in [0.25, 0.3) is 28.2 Å². The summed E-state index contributed by atoms with van der Waals surface area (Å²) in [6.45, 7) is 37.2. The fourth-order valence-corrected chi connectivity index (χ4v) is 20.7. The number of thioether (sulfide) groups is 4. The van der Waals surface area contributed by atoms with E-state index in [1.807, 2.05) is 128 Å². The second-order valence-corrected chi connectivity index (χ2v) is 28.3. The van der Waals surface area contributed by atoms with Gasteiger partial charge in [0.15, 0.2) is 0 Å². The average Bonchev–Trinajstić information content (AvgIpc) is 4.19. The summed E-state index contributed by atoms with van der Waals surface area (Å²) >= 11 is 47.4. The van der Waals surface area contributed by atoms with Crippen molar-refractivity contribution in [2.24, 2.45) is 11.8 Å². The van der Waals surface area contributed by atoms with E-state index in [-0.39, 0.29) is 0 Å². The molecule has 0 N–H and O–H groups in total. The van der Waals surface area contributed by atoms with Crippen molar-refractivity contribution in [3.05, 3.63) is 105 Å². The third kappa shape index (κ3) is 17.6. The number of hydrogen-bond donors (Lipinski definition) is 0. The molecule has 10 heterocycles. The number of allylic oxidation sites excluding steroid dienone is 5. The molecule has 4 aliphatic rings. The maximum atomic E-state index is 6.03. The lowest BCUT2D eigenvalue weighted by Crippen LogP contribution is -2.05. The molecule has 0 saturated heterocycles. The predicted molar refractivity (Wildman–Crippen MR) is 319 cm³/mol. The van der Waals surface area contributed by atoms with Gasteiger partial charge in [0.25, 0.3) is 0 Å². The molecule has 6 aromatic heterocycles. The summed E-state index contributed by atoms with van der Waals surface area (Å²) < 4.78 is 10.0. The SMILES string of the molecule is CC.CC.CC.CC.CC.CC1=CC2C(C)=C(Cl)SC2S1.CC1=CSC2SC(Cl)=C(C)C12.Cc1cc2cc(Cl)sc2s1.Cc1csc2sc(Cl)cc12.Cc1sc2sc(Cl)cc2c1C. The molecule has 0 saturated carbocycles. The van der Waals surface area contributed by atoms with Crippen molar-refractivity contribution in [2.75, 3.05) is 0 Å². The first-order valence-electron chi connectivity index (χ1n) is 21.3. The molecule has 15 heteroatoms. The molecular weight excluding hydrogens is 1070 g/mol. The zero-order chi connectivity index (χ0) is 48.3. The van der Waals surface area contributed by atoms with Crippen LogP contribution in [-0.4, -0.2) is 9.16 Å². The first-order valence-corrected chi connectivity index (χ1v) is 31.7. The van der Waals surface area contributed by atoms with Crippen LogP contribution in [0.15, 0.2) is 71.5 Å². The van der Waals surface area contributed by atoms with Gasteiger partial charge in [0.1, 0.15) is 0 Å². The van der Waals surface area contributed by atoms with Crippen LogP contribution in [0, 0.1) is 39.5 Å². The maximum absolute atomic E-state index is 6.03. The summed E-state index contributed by atoms with van der Waals surface area (Å²) in [4.78, 5) is 4.21. The monoisotopic (exact) mass is 1140 g/mol. The molecule has 0 nitrogen and oxygen atoms in total. The van der Waals surface area contributed by atoms with Crippen LogP contribution < -0.4 is 0 Å². The van der Waals surface area contributed by atoms with Crippen molar-refractivity contribution in [1.82, 2.24) is 0 Å². The molecule has 4 aliphatic heterocycles. The van der Waals surface area contributed by atoms with Gasteiger partial charge in [0.05, 0.1) is 42.9 Å². The van der Waals surface area contributed by atoms with Crippen LogP contribution in [0.4, 0.5) is 0 Å². The molecular formula is C48H65Cl5S10.